The van der Waals surface area contributed by atoms with Gasteiger partial charge in [0.25, 0.3) is 0 Å². The zero-order chi connectivity index (χ0) is 19.0. The summed E-state index contributed by atoms with van der Waals surface area (Å²) >= 11 is 0. The Morgan fingerprint density at radius 2 is 0.583 bits per heavy atom. The van der Waals surface area contributed by atoms with Gasteiger partial charge in [0.05, 0.1) is 6.07 Å². The largest absolute Gasteiger partial charge is 3.00 e. The van der Waals surface area contributed by atoms with Gasteiger partial charge in [-0.3, -0.25) is 0 Å². The second-order valence-corrected chi connectivity index (χ2v) is 18.2. The van der Waals surface area contributed by atoms with Crippen LogP contribution in [-0.2, 0) is 20.1 Å². The maximum absolute atomic E-state index is 7.32. The molecule has 0 aromatic heterocycles. The number of rotatable bonds is 0. The minimum Gasteiger partial charge on any atom is -1.00 e. The average Bonchev–Trinajstić information content (AvgIpc) is 2.16. The summed E-state index contributed by atoms with van der Waals surface area (Å²) in [5.74, 6) is 0. The number of nitriles is 1. The van der Waals surface area contributed by atoms with Crippen molar-refractivity contribution in [1.82, 2.24) is 0 Å². The summed E-state index contributed by atoms with van der Waals surface area (Å²) in [4.78, 5) is 0. The molecule has 0 aliphatic rings. The third-order valence-electron chi connectivity index (χ3n) is 0. The molecule has 10 heteroatoms. The molecular weight excluding hydrogens is 582 g/mol. The fraction of sp³-hybridized carbons (Fsp3) is 0.929. The zero-order valence-corrected chi connectivity index (χ0v) is 25.1. The first-order chi connectivity index (χ1) is 9.34. The summed E-state index contributed by atoms with van der Waals surface area (Å²) in [5.41, 5.74) is 0. The SMILES string of the molecule is CC#N.C[PH+](C)C.C[PH+](C)C.C[PH+](C)C.C[PH+](C)C.O.[Cl-].[Ir+3].[O-][O-]. The van der Waals surface area contributed by atoms with E-state index in [9.17, 15) is 0 Å². The molecule has 0 radical (unpaired) electrons. The molecule has 0 heterocycles. The standard InChI is InChI=1S/4C3H9P.C2H3N.ClH.Ir.O2.H2O/c4*1-4(2)3;1-2-3;;;1-2;/h4*1-3H3;1H3;1H;;;1H2/q;;;;;;+3;-2;/p+3. The molecule has 0 amide bonds. The van der Waals surface area contributed by atoms with Gasteiger partial charge in [-0.25, -0.2) is 0 Å². The van der Waals surface area contributed by atoms with E-state index >= 15 is 0 Å². The van der Waals surface area contributed by atoms with Crippen LogP contribution in [0.25, 0.3) is 0 Å². The Morgan fingerprint density at radius 1 is 0.583 bits per heavy atom. The van der Waals surface area contributed by atoms with E-state index < -0.39 is 0 Å². The van der Waals surface area contributed by atoms with Crippen molar-refractivity contribution in [2.75, 3.05) is 80.0 Å². The molecule has 24 heavy (non-hydrogen) atoms. The van der Waals surface area contributed by atoms with Crippen LogP contribution in [0.2, 0.25) is 0 Å². The number of halogens is 1. The molecule has 4 nitrogen and oxygen atoms in total. The van der Waals surface area contributed by atoms with E-state index in [-0.39, 0.29) is 69.7 Å². The van der Waals surface area contributed by atoms with Crippen molar-refractivity contribution in [3.8, 4) is 6.07 Å². The van der Waals surface area contributed by atoms with Crippen LogP contribution < -0.4 is 22.9 Å². The minimum absolute atomic E-state index is 0. The molecule has 0 rings (SSSR count). The molecule has 0 spiro atoms. The van der Waals surface area contributed by atoms with Crippen LogP contribution in [0.1, 0.15) is 6.92 Å². The van der Waals surface area contributed by atoms with E-state index in [0.717, 1.165) is 0 Å². The van der Waals surface area contributed by atoms with E-state index in [0.29, 0.717) is 0 Å². The molecule has 0 saturated carbocycles. The van der Waals surface area contributed by atoms with Crippen molar-refractivity contribution in [3.05, 3.63) is 0 Å². The van der Waals surface area contributed by atoms with E-state index in [1.807, 2.05) is 0 Å². The predicted octanol–water partition coefficient (Wildman–Crippen LogP) is -1.31. The first-order valence-electron chi connectivity index (χ1n) is 6.89. The molecule has 0 unspecified atom stereocenters. The van der Waals surface area contributed by atoms with Crippen LogP contribution in [0, 0.1) is 11.3 Å². The van der Waals surface area contributed by atoms with Crippen molar-refractivity contribution in [2.24, 2.45) is 0 Å². The molecule has 0 aliphatic heterocycles. The molecule has 0 atom stereocenters. The Balaban J connectivity index is -0.0000000159. The summed E-state index contributed by atoms with van der Waals surface area (Å²) in [7, 11) is 0.481. The van der Waals surface area contributed by atoms with Gasteiger partial charge in [0.1, 0.15) is 0 Å². The molecule has 2 N–H and O–H groups in total. The van der Waals surface area contributed by atoms with Crippen molar-refractivity contribution < 1.29 is 48.5 Å². The smallest absolute Gasteiger partial charge is 1.00 e. The van der Waals surface area contributed by atoms with Gasteiger partial charge in [-0.15, -0.1) is 0 Å². The van der Waals surface area contributed by atoms with Crippen LogP contribution in [0.15, 0.2) is 0 Å². The van der Waals surface area contributed by atoms with Crippen LogP contribution in [0.5, 0.6) is 0 Å². The van der Waals surface area contributed by atoms with Gasteiger partial charge in [-0.2, -0.15) is 5.26 Å². The van der Waals surface area contributed by atoms with E-state index in [2.05, 4.69) is 80.0 Å². The monoisotopic (exact) mass is 627 g/mol. The van der Waals surface area contributed by atoms with Crippen molar-refractivity contribution in [2.45, 2.75) is 6.92 Å². The first kappa shape index (κ1) is 56.2. The van der Waals surface area contributed by atoms with Gasteiger partial charge < -0.3 is 28.4 Å². The summed E-state index contributed by atoms with van der Waals surface area (Å²) in [6.45, 7) is 28.7. The van der Waals surface area contributed by atoms with Gasteiger partial charge >= 0.3 is 20.1 Å². The Labute approximate surface area is 178 Å². The summed E-state index contributed by atoms with van der Waals surface area (Å²) in [5, 5.41) is 21.3. The van der Waals surface area contributed by atoms with Gasteiger partial charge in [-0.1, -0.05) is 0 Å². The van der Waals surface area contributed by atoms with Crippen LogP contribution >= 0.6 is 31.7 Å². The molecule has 156 valence electrons. The van der Waals surface area contributed by atoms with E-state index in [1.165, 1.54) is 6.92 Å². The van der Waals surface area contributed by atoms with Crippen LogP contribution in [-0.4, -0.2) is 85.5 Å². The molecular formula is C14H45ClIrNO3P4+4. The topological polar surface area (TPSA) is 101 Å². The Hall–Kier alpha value is 2.03. The van der Waals surface area contributed by atoms with E-state index in [1.54, 1.807) is 6.07 Å². The molecule has 0 aromatic carbocycles. The number of hydrogen-bond acceptors (Lipinski definition) is 3. The van der Waals surface area contributed by atoms with Crippen molar-refractivity contribution in [1.29, 1.82) is 5.26 Å². The summed E-state index contributed by atoms with van der Waals surface area (Å²) in [6, 6.07) is 1.75. The fourth-order valence-electron chi connectivity index (χ4n) is 0. The predicted molar refractivity (Wildman–Crippen MR) is 119 cm³/mol. The normalized spacial score (nSPS) is 6.58. The average molecular weight is 627 g/mol. The second-order valence-electron chi connectivity index (χ2n) is 6.22. The molecule has 0 aliphatic carbocycles. The van der Waals surface area contributed by atoms with Crippen molar-refractivity contribution in [3.63, 3.8) is 0 Å². The fourth-order valence-corrected chi connectivity index (χ4v) is 0. The summed E-state index contributed by atoms with van der Waals surface area (Å²) in [6.07, 6.45) is 0. The minimum atomic E-state index is 0. The Kier molecular flexibility index (Phi) is 150. The second kappa shape index (κ2) is 64.0. The van der Waals surface area contributed by atoms with Gasteiger partial charge in [-0.05, 0) is 31.7 Å². The first-order valence-corrected chi connectivity index (χ1v) is 18.9. The third kappa shape index (κ3) is 3090. The van der Waals surface area contributed by atoms with Gasteiger partial charge in [0.2, 0.25) is 0 Å². The Bertz CT molecular complexity index is 142. The van der Waals surface area contributed by atoms with Crippen LogP contribution in [0.3, 0.4) is 0 Å². The van der Waals surface area contributed by atoms with Crippen LogP contribution in [0.4, 0.5) is 0 Å². The molecule has 0 saturated heterocycles. The Morgan fingerprint density at radius 3 is 0.583 bits per heavy atom. The maximum Gasteiger partial charge on any atom is 3.00 e. The number of hydrogen-bond donors (Lipinski definition) is 0. The van der Waals surface area contributed by atoms with Gasteiger partial charge in [0.15, 0.2) is 0 Å². The van der Waals surface area contributed by atoms with Crippen molar-refractivity contribution >= 4 is 31.7 Å². The quantitative estimate of drug-likeness (QED) is 0.190. The maximum atomic E-state index is 7.32. The summed E-state index contributed by atoms with van der Waals surface area (Å²) < 4.78 is 0. The zero-order valence-electron chi connectivity index (χ0n) is 18.0. The molecule has 0 bridgehead atoms. The number of nitrogens with zero attached hydrogens (tertiary/aromatic N) is 1. The van der Waals surface area contributed by atoms with E-state index in [4.69, 9.17) is 15.8 Å². The molecule has 0 fully saturated rings. The molecule has 0 aromatic rings. The third-order valence-corrected chi connectivity index (χ3v) is 0. The van der Waals surface area contributed by atoms with Gasteiger partial charge in [0, 0.05) is 86.9 Å².